The Morgan fingerprint density at radius 1 is 1.53 bits per heavy atom. The lowest BCUT2D eigenvalue weighted by atomic mass is 10.3. The highest BCUT2D eigenvalue weighted by molar-refractivity contribution is 5.76. The highest BCUT2D eigenvalue weighted by Gasteiger charge is 2.16. The molecule has 7 heteroatoms. The van der Waals surface area contributed by atoms with Crippen LogP contribution in [-0.4, -0.2) is 27.2 Å². The summed E-state index contributed by atoms with van der Waals surface area (Å²) in [4.78, 5) is 27.1. The van der Waals surface area contributed by atoms with E-state index < -0.39 is 11.7 Å². The maximum atomic E-state index is 11.5. The maximum Gasteiger partial charge on any atom is 0.442 e. The van der Waals surface area contributed by atoms with Gasteiger partial charge in [0, 0.05) is 6.20 Å². The summed E-state index contributed by atoms with van der Waals surface area (Å²) in [5, 5.41) is 6.06. The second-order valence-corrected chi connectivity index (χ2v) is 3.55. The lowest BCUT2D eigenvalue weighted by Gasteiger charge is -2.03. The van der Waals surface area contributed by atoms with E-state index in [0.717, 1.165) is 4.57 Å². The minimum atomic E-state index is -0.725. The fourth-order valence-corrected chi connectivity index (χ4v) is 1.44. The van der Waals surface area contributed by atoms with Crippen LogP contribution < -0.4 is 11.1 Å². The van der Waals surface area contributed by atoms with Gasteiger partial charge in [0.25, 0.3) is 0 Å². The lowest BCUT2D eigenvalue weighted by molar-refractivity contribution is -0.121. The van der Waals surface area contributed by atoms with Crippen LogP contribution in [0.2, 0.25) is 0 Å². The third-order valence-corrected chi connectivity index (χ3v) is 2.27. The number of hydrogen-bond acceptors (Lipinski definition) is 5. The summed E-state index contributed by atoms with van der Waals surface area (Å²) in [6, 6.07) is 5.13. The molecule has 0 spiro atoms. The van der Waals surface area contributed by atoms with E-state index in [-0.39, 0.29) is 18.9 Å². The van der Waals surface area contributed by atoms with Crippen molar-refractivity contribution in [1.82, 2.24) is 20.0 Å². The molecule has 0 fully saturated rings. The van der Waals surface area contributed by atoms with Crippen LogP contribution in [0.15, 0.2) is 33.7 Å². The van der Waals surface area contributed by atoms with Crippen LogP contribution in [0, 0.1) is 12.3 Å². The Bertz CT molecular complexity index is 666. The fraction of sp³-hybridized carbons (Fsp3) is 0.167. The van der Waals surface area contributed by atoms with Gasteiger partial charge in [-0.3, -0.25) is 14.3 Å². The second kappa shape index (κ2) is 5.64. The molecule has 0 atom stereocenters. The predicted molar refractivity (Wildman–Crippen MR) is 65.8 cm³/mol. The number of hydrogen-bond donors (Lipinski definition) is 1. The van der Waals surface area contributed by atoms with Crippen molar-refractivity contribution >= 4 is 5.91 Å². The first-order valence-electron chi connectivity index (χ1n) is 5.40. The summed E-state index contributed by atoms with van der Waals surface area (Å²) in [7, 11) is 0. The molecule has 0 radical (unpaired) electrons. The number of aromatic nitrogens is 3. The standard InChI is InChI=1S/C12H10N4O3/c1-2-6-14-10(17)8-16-11(15-19-12(16)18)9-5-3-4-7-13-9/h1,3-5,7H,6,8H2,(H,14,17). The van der Waals surface area contributed by atoms with Crippen molar-refractivity contribution < 1.29 is 9.32 Å². The van der Waals surface area contributed by atoms with Crippen molar-refractivity contribution in [3.63, 3.8) is 0 Å². The molecule has 1 amide bonds. The molecule has 2 rings (SSSR count). The molecule has 0 aliphatic heterocycles. The number of carbonyl (C=O) groups excluding carboxylic acids is 1. The quantitative estimate of drug-likeness (QED) is 0.757. The molecule has 96 valence electrons. The minimum absolute atomic E-state index is 0.0950. The van der Waals surface area contributed by atoms with Crippen LogP contribution in [0.25, 0.3) is 11.5 Å². The molecule has 2 aromatic rings. The zero-order valence-electron chi connectivity index (χ0n) is 9.87. The lowest BCUT2D eigenvalue weighted by Crippen LogP contribution is -2.31. The Kier molecular flexibility index (Phi) is 3.73. The second-order valence-electron chi connectivity index (χ2n) is 3.55. The van der Waals surface area contributed by atoms with Gasteiger partial charge in [-0.25, -0.2) is 9.36 Å². The fourth-order valence-electron chi connectivity index (χ4n) is 1.44. The van der Waals surface area contributed by atoms with Gasteiger partial charge in [0.1, 0.15) is 12.2 Å². The Hall–Kier alpha value is -2.88. The molecule has 2 aromatic heterocycles. The average molecular weight is 258 g/mol. The average Bonchev–Trinajstić information content (AvgIpc) is 2.79. The molecule has 0 saturated carbocycles. The maximum absolute atomic E-state index is 11.5. The van der Waals surface area contributed by atoms with Crippen molar-refractivity contribution in [1.29, 1.82) is 0 Å². The van der Waals surface area contributed by atoms with Gasteiger partial charge in [0.15, 0.2) is 0 Å². The topological polar surface area (TPSA) is 90.0 Å². The Morgan fingerprint density at radius 3 is 3.05 bits per heavy atom. The first-order valence-corrected chi connectivity index (χ1v) is 5.40. The van der Waals surface area contributed by atoms with E-state index in [9.17, 15) is 9.59 Å². The highest BCUT2D eigenvalue weighted by atomic mass is 16.5. The van der Waals surface area contributed by atoms with Crippen molar-refractivity contribution in [3.8, 4) is 23.9 Å². The van der Waals surface area contributed by atoms with E-state index in [2.05, 4.69) is 25.9 Å². The Labute approximate surface area is 108 Å². The van der Waals surface area contributed by atoms with E-state index in [0.29, 0.717) is 5.69 Å². The summed E-state index contributed by atoms with van der Waals surface area (Å²) in [5.41, 5.74) is 0.443. The van der Waals surface area contributed by atoms with Crippen LogP contribution in [0.4, 0.5) is 0 Å². The van der Waals surface area contributed by atoms with Crippen molar-refractivity contribution in [3.05, 3.63) is 34.9 Å². The van der Waals surface area contributed by atoms with Crippen LogP contribution >= 0.6 is 0 Å². The molecule has 0 unspecified atom stereocenters. The SMILES string of the molecule is C#CCNC(=O)Cn1c(-c2ccccn2)noc1=O. The minimum Gasteiger partial charge on any atom is -0.344 e. The molecule has 19 heavy (non-hydrogen) atoms. The van der Waals surface area contributed by atoms with Gasteiger partial charge in [-0.1, -0.05) is 17.1 Å². The molecule has 0 bridgehead atoms. The van der Waals surface area contributed by atoms with Gasteiger partial charge < -0.3 is 5.32 Å². The van der Waals surface area contributed by atoms with E-state index in [1.807, 2.05) is 0 Å². The number of amides is 1. The summed E-state index contributed by atoms with van der Waals surface area (Å²) in [5.74, 6) is 1.34. The normalized spacial score (nSPS) is 9.84. The molecule has 0 saturated heterocycles. The smallest absolute Gasteiger partial charge is 0.344 e. The summed E-state index contributed by atoms with van der Waals surface area (Å²) in [6.07, 6.45) is 6.58. The third-order valence-electron chi connectivity index (χ3n) is 2.27. The summed E-state index contributed by atoms with van der Waals surface area (Å²) in [6.45, 7) is -0.131. The van der Waals surface area contributed by atoms with Gasteiger partial charge in [0.2, 0.25) is 11.7 Å². The first-order chi connectivity index (χ1) is 9.22. The van der Waals surface area contributed by atoms with E-state index >= 15 is 0 Å². The first kappa shape index (κ1) is 12.6. The van der Waals surface area contributed by atoms with Gasteiger partial charge >= 0.3 is 5.76 Å². The number of nitrogens with zero attached hydrogens (tertiary/aromatic N) is 3. The van der Waals surface area contributed by atoms with Crippen LogP contribution in [0.1, 0.15) is 0 Å². The van der Waals surface area contributed by atoms with Crippen LogP contribution in [0.5, 0.6) is 0 Å². The number of nitrogens with one attached hydrogen (secondary N) is 1. The molecular formula is C12H10N4O3. The zero-order valence-corrected chi connectivity index (χ0v) is 9.87. The largest absolute Gasteiger partial charge is 0.442 e. The summed E-state index contributed by atoms with van der Waals surface area (Å²) >= 11 is 0. The highest BCUT2D eigenvalue weighted by Crippen LogP contribution is 2.11. The molecule has 0 aliphatic rings. The van der Waals surface area contributed by atoms with Crippen molar-refractivity contribution in [2.45, 2.75) is 6.54 Å². The van der Waals surface area contributed by atoms with Crippen LogP contribution in [0.3, 0.4) is 0 Å². The third kappa shape index (κ3) is 2.87. The molecule has 0 aromatic carbocycles. The molecule has 7 nitrogen and oxygen atoms in total. The number of carbonyl (C=O) groups is 1. The van der Waals surface area contributed by atoms with Crippen molar-refractivity contribution in [2.75, 3.05) is 6.54 Å². The zero-order chi connectivity index (χ0) is 13.7. The molecule has 2 heterocycles. The Balaban J connectivity index is 2.27. The van der Waals surface area contributed by atoms with E-state index in [1.54, 1.807) is 24.4 Å². The summed E-state index contributed by atoms with van der Waals surface area (Å²) < 4.78 is 5.64. The van der Waals surface area contributed by atoms with Crippen LogP contribution in [-0.2, 0) is 11.3 Å². The number of pyridine rings is 1. The monoisotopic (exact) mass is 258 g/mol. The Morgan fingerprint density at radius 2 is 2.37 bits per heavy atom. The van der Waals surface area contributed by atoms with Crippen molar-refractivity contribution in [2.24, 2.45) is 0 Å². The van der Waals surface area contributed by atoms with Gasteiger partial charge in [-0.15, -0.1) is 6.42 Å². The van der Waals surface area contributed by atoms with E-state index in [1.165, 1.54) is 0 Å². The van der Waals surface area contributed by atoms with Gasteiger partial charge in [0.05, 0.1) is 6.54 Å². The number of terminal acetylenes is 1. The van der Waals surface area contributed by atoms with E-state index in [4.69, 9.17) is 6.42 Å². The number of rotatable bonds is 4. The van der Waals surface area contributed by atoms with Gasteiger partial charge in [-0.2, -0.15) is 0 Å². The molecular weight excluding hydrogens is 248 g/mol. The van der Waals surface area contributed by atoms with Gasteiger partial charge in [-0.05, 0) is 12.1 Å². The predicted octanol–water partition coefficient (Wildman–Crippen LogP) is -0.352. The molecule has 0 aliphatic carbocycles. The molecule has 1 N–H and O–H groups in total.